The fraction of sp³-hybridized carbons (Fsp3) is 0.300. The molecule has 0 radical (unpaired) electrons. The Morgan fingerprint density at radius 3 is 2.46 bits per heavy atom. The molecule has 0 atom stereocenters. The lowest BCUT2D eigenvalue weighted by molar-refractivity contribution is -0.117. The lowest BCUT2D eigenvalue weighted by Crippen LogP contribution is -2.14. The molecule has 0 spiro atoms. The van der Waals surface area contributed by atoms with Gasteiger partial charge in [0.15, 0.2) is 0 Å². The summed E-state index contributed by atoms with van der Waals surface area (Å²) in [4.78, 5) is 13.2. The van der Waals surface area contributed by atoms with Crippen LogP contribution in [0.3, 0.4) is 0 Å². The van der Waals surface area contributed by atoms with Crippen LogP contribution in [0.15, 0.2) is 29.2 Å². The minimum absolute atomic E-state index is 0.679. The summed E-state index contributed by atoms with van der Waals surface area (Å²) in [5.74, 6) is 0. The summed E-state index contributed by atoms with van der Waals surface area (Å²) in [6.45, 7) is 0.679. The highest BCUT2D eigenvalue weighted by molar-refractivity contribution is 7.98. The Labute approximate surface area is 82.9 Å². The van der Waals surface area contributed by atoms with Crippen molar-refractivity contribution in [3.8, 4) is 0 Å². The summed E-state index contributed by atoms with van der Waals surface area (Å²) in [6, 6.07) is 8.23. The third-order valence-corrected chi connectivity index (χ3v) is 2.51. The minimum atomic E-state index is 0.679. The molecular weight excluding hydrogens is 182 g/mol. The van der Waals surface area contributed by atoms with Crippen LogP contribution in [0.1, 0.15) is 5.56 Å². The molecule has 0 aliphatic rings. The highest BCUT2D eigenvalue weighted by Gasteiger charge is 1.96. The van der Waals surface area contributed by atoms with Crippen molar-refractivity contribution in [2.45, 2.75) is 11.4 Å². The lowest BCUT2D eigenvalue weighted by atomic mass is 10.2. The van der Waals surface area contributed by atoms with Gasteiger partial charge in [-0.25, -0.2) is 0 Å². The van der Waals surface area contributed by atoms with E-state index in [-0.39, 0.29) is 0 Å². The number of nitrogens with zero attached hydrogens (tertiary/aromatic N) is 1. The Kier molecular flexibility index (Phi) is 3.83. The van der Waals surface area contributed by atoms with Gasteiger partial charge in [-0.1, -0.05) is 12.1 Å². The zero-order valence-electron chi connectivity index (χ0n) is 7.86. The number of carbonyl (C=O) groups excluding carboxylic acids is 1. The quantitative estimate of drug-likeness (QED) is 0.541. The lowest BCUT2D eigenvalue weighted by Gasteiger charge is -2.10. The maximum atomic E-state index is 10.4. The van der Waals surface area contributed by atoms with E-state index >= 15 is 0 Å². The van der Waals surface area contributed by atoms with Crippen LogP contribution in [0.2, 0.25) is 0 Å². The summed E-state index contributed by atoms with van der Waals surface area (Å²) < 4.78 is 0. The van der Waals surface area contributed by atoms with Crippen LogP contribution in [-0.2, 0) is 11.3 Å². The molecule has 0 saturated carbocycles. The van der Waals surface area contributed by atoms with E-state index in [4.69, 9.17) is 0 Å². The predicted octanol–water partition coefficient (Wildman–Crippen LogP) is 2.00. The Morgan fingerprint density at radius 1 is 1.38 bits per heavy atom. The van der Waals surface area contributed by atoms with Gasteiger partial charge in [0.1, 0.15) is 0 Å². The summed E-state index contributed by atoms with van der Waals surface area (Å²) in [7, 11) is 1.77. The van der Waals surface area contributed by atoms with Crippen LogP contribution >= 0.6 is 11.8 Å². The fourth-order valence-corrected chi connectivity index (χ4v) is 1.46. The molecule has 0 fully saturated rings. The molecule has 0 N–H and O–H groups in total. The Balaban J connectivity index is 2.63. The van der Waals surface area contributed by atoms with E-state index < -0.39 is 0 Å². The van der Waals surface area contributed by atoms with Crippen molar-refractivity contribution < 1.29 is 4.79 Å². The molecule has 2 nitrogen and oxygen atoms in total. The van der Waals surface area contributed by atoms with E-state index in [2.05, 4.69) is 12.1 Å². The Morgan fingerprint density at radius 2 is 2.00 bits per heavy atom. The van der Waals surface area contributed by atoms with Crippen LogP contribution in [0.25, 0.3) is 0 Å². The third-order valence-electron chi connectivity index (χ3n) is 1.77. The zero-order valence-corrected chi connectivity index (χ0v) is 8.67. The van der Waals surface area contributed by atoms with Crippen molar-refractivity contribution in [1.29, 1.82) is 0 Å². The van der Waals surface area contributed by atoms with Crippen molar-refractivity contribution in [3.05, 3.63) is 29.8 Å². The monoisotopic (exact) mass is 195 g/mol. The largest absolute Gasteiger partial charge is 0.344 e. The van der Waals surface area contributed by atoms with Crippen molar-refractivity contribution >= 4 is 18.2 Å². The average Bonchev–Trinajstić information content (AvgIpc) is 2.19. The standard InChI is InChI=1S/C10H13NOS/c1-11(8-12)7-9-3-5-10(13-2)6-4-9/h3-6,8H,7H2,1-2H3. The minimum Gasteiger partial charge on any atom is -0.344 e. The normalized spacial score (nSPS) is 9.69. The van der Waals surface area contributed by atoms with Crippen LogP contribution in [0.5, 0.6) is 0 Å². The summed E-state index contributed by atoms with van der Waals surface area (Å²) in [5.41, 5.74) is 1.16. The molecule has 3 heteroatoms. The third kappa shape index (κ3) is 3.11. The number of rotatable bonds is 4. The fourth-order valence-electron chi connectivity index (χ4n) is 1.06. The second kappa shape index (κ2) is 4.92. The van der Waals surface area contributed by atoms with E-state index in [1.807, 2.05) is 18.4 Å². The second-order valence-electron chi connectivity index (χ2n) is 2.87. The molecule has 1 rings (SSSR count). The van der Waals surface area contributed by atoms with Crippen molar-refractivity contribution in [3.63, 3.8) is 0 Å². The summed E-state index contributed by atoms with van der Waals surface area (Å²) >= 11 is 1.72. The number of amides is 1. The number of carbonyl (C=O) groups is 1. The van der Waals surface area contributed by atoms with E-state index in [0.717, 1.165) is 12.0 Å². The van der Waals surface area contributed by atoms with Gasteiger partial charge in [-0.05, 0) is 24.0 Å². The molecular formula is C10H13NOS. The van der Waals surface area contributed by atoms with Crippen molar-refractivity contribution in [2.24, 2.45) is 0 Å². The van der Waals surface area contributed by atoms with Gasteiger partial charge < -0.3 is 4.90 Å². The van der Waals surface area contributed by atoms with Gasteiger partial charge in [0.2, 0.25) is 6.41 Å². The molecule has 1 amide bonds. The van der Waals surface area contributed by atoms with Gasteiger partial charge in [0.05, 0.1) is 0 Å². The van der Waals surface area contributed by atoms with Gasteiger partial charge >= 0.3 is 0 Å². The molecule has 1 aromatic rings. The van der Waals surface area contributed by atoms with Gasteiger partial charge in [0, 0.05) is 18.5 Å². The maximum Gasteiger partial charge on any atom is 0.209 e. The molecule has 0 unspecified atom stereocenters. The van der Waals surface area contributed by atoms with Crippen LogP contribution in [0.4, 0.5) is 0 Å². The van der Waals surface area contributed by atoms with Gasteiger partial charge in [-0.2, -0.15) is 0 Å². The van der Waals surface area contributed by atoms with E-state index in [0.29, 0.717) is 6.54 Å². The molecule has 0 heterocycles. The first-order valence-corrected chi connectivity index (χ1v) is 5.27. The van der Waals surface area contributed by atoms with E-state index in [9.17, 15) is 4.79 Å². The van der Waals surface area contributed by atoms with Crippen LogP contribution < -0.4 is 0 Å². The average molecular weight is 195 g/mol. The first-order valence-electron chi connectivity index (χ1n) is 4.04. The summed E-state index contributed by atoms with van der Waals surface area (Å²) in [6.07, 6.45) is 2.88. The predicted molar refractivity (Wildman–Crippen MR) is 55.8 cm³/mol. The molecule has 13 heavy (non-hydrogen) atoms. The van der Waals surface area contributed by atoms with Gasteiger partial charge in [-0.15, -0.1) is 11.8 Å². The van der Waals surface area contributed by atoms with Crippen molar-refractivity contribution in [1.82, 2.24) is 4.90 Å². The topological polar surface area (TPSA) is 20.3 Å². The second-order valence-corrected chi connectivity index (χ2v) is 3.75. The Bertz CT molecular complexity index is 271. The zero-order chi connectivity index (χ0) is 9.68. The maximum absolute atomic E-state index is 10.4. The number of hydrogen-bond acceptors (Lipinski definition) is 2. The highest BCUT2D eigenvalue weighted by atomic mass is 32.2. The molecule has 0 bridgehead atoms. The van der Waals surface area contributed by atoms with Gasteiger partial charge in [0.25, 0.3) is 0 Å². The van der Waals surface area contributed by atoms with Crippen LogP contribution in [0, 0.1) is 0 Å². The SMILES string of the molecule is CSc1ccc(CN(C)C=O)cc1. The number of thioether (sulfide) groups is 1. The molecule has 0 saturated heterocycles. The molecule has 0 aliphatic carbocycles. The molecule has 1 aromatic carbocycles. The number of benzene rings is 1. The molecule has 0 aliphatic heterocycles. The smallest absolute Gasteiger partial charge is 0.209 e. The molecule has 70 valence electrons. The van der Waals surface area contributed by atoms with Gasteiger partial charge in [-0.3, -0.25) is 4.79 Å². The molecule has 0 aromatic heterocycles. The Hall–Kier alpha value is -0.960. The van der Waals surface area contributed by atoms with Crippen LogP contribution in [-0.4, -0.2) is 24.6 Å². The van der Waals surface area contributed by atoms with E-state index in [1.54, 1.807) is 23.7 Å². The summed E-state index contributed by atoms with van der Waals surface area (Å²) in [5, 5.41) is 0. The van der Waals surface area contributed by atoms with Crippen molar-refractivity contribution in [2.75, 3.05) is 13.3 Å². The first-order chi connectivity index (χ1) is 6.26. The number of hydrogen-bond donors (Lipinski definition) is 0. The first kappa shape index (κ1) is 10.1. The van der Waals surface area contributed by atoms with E-state index in [1.165, 1.54) is 4.90 Å². The highest BCUT2D eigenvalue weighted by Crippen LogP contribution is 2.15.